The smallest absolute Gasteiger partial charge is 0.227 e. The van der Waals surface area contributed by atoms with Crippen LogP contribution in [0.5, 0.6) is 0 Å². The highest BCUT2D eigenvalue weighted by molar-refractivity contribution is 6.00. The second kappa shape index (κ2) is 7.29. The summed E-state index contributed by atoms with van der Waals surface area (Å²) in [6, 6.07) is 7.96. The molecule has 2 aromatic rings. The maximum atomic E-state index is 12.3. The molecule has 6 heteroatoms. The number of aromatic nitrogens is 2. The molecular weight excluding hydrogens is 304 g/mol. The molecule has 2 amide bonds. The molecule has 3 rings (SSSR count). The third-order valence-electron chi connectivity index (χ3n) is 4.37. The van der Waals surface area contributed by atoms with Gasteiger partial charge in [0.2, 0.25) is 11.8 Å². The monoisotopic (exact) mass is 326 g/mol. The van der Waals surface area contributed by atoms with E-state index in [0.29, 0.717) is 19.5 Å². The van der Waals surface area contributed by atoms with E-state index < -0.39 is 0 Å². The van der Waals surface area contributed by atoms with Crippen molar-refractivity contribution in [3.63, 3.8) is 0 Å². The summed E-state index contributed by atoms with van der Waals surface area (Å²) in [5.41, 5.74) is 2.10. The van der Waals surface area contributed by atoms with Crippen molar-refractivity contribution in [3.8, 4) is 0 Å². The van der Waals surface area contributed by atoms with Crippen molar-refractivity contribution < 1.29 is 9.59 Å². The van der Waals surface area contributed by atoms with Gasteiger partial charge >= 0.3 is 0 Å². The molecule has 1 fully saturated rings. The standard InChI is InChI=1S/C18H22N4O2/c1-2-13-3-5-15(6-4-13)22-12-14(11-17(22)23)18(24)21-8-7-16-19-9-10-20-16/h3-6,9-10,14H,2,7-8,11-12H2,1H3,(H,19,20)(H,21,24)/t14-/m1/s1. The highest BCUT2D eigenvalue weighted by Crippen LogP contribution is 2.25. The Morgan fingerprint density at radius 1 is 1.38 bits per heavy atom. The zero-order valence-electron chi connectivity index (χ0n) is 13.8. The number of nitrogens with one attached hydrogen (secondary N) is 2. The topological polar surface area (TPSA) is 78.1 Å². The Bertz CT molecular complexity index is 694. The van der Waals surface area contributed by atoms with Gasteiger partial charge in [-0.1, -0.05) is 19.1 Å². The second-order valence-corrected chi connectivity index (χ2v) is 6.00. The van der Waals surface area contributed by atoms with E-state index in [2.05, 4.69) is 22.2 Å². The number of aryl methyl sites for hydroxylation is 1. The number of hydrogen-bond donors (Lipinski definition) is 2. The first-order valence-corrected chi connectivity index (χ1v) is 8.32. The minimum atomic E-state index is -0.292. The molecule has 0 radical (unpaired) electrons. The lowest BCUT2D eigenvalue weighted by molar-refractivity contribution is -0.126. The zero-order chi connectivity index (χ0) is 16.9. The van der Waals surface area contributed by atoms with Gasteiger partial charge < -0.3 is 15.2 Å². The first-order valence-electron chi connectivity index (χ1n) is 8.32. The van der Waals surface area contributed by atoms with Crippen molar-refractivity contribution in [1.29, 1.82) is 0 Å². The Hall–Kier alpha value is -2.63. The molecule has 0 saturated carbocycles. The highest BCUT2D eigenvalue weighted by atomic mass is 16.2. The van der Waals surface area contributed by atoms with Crippen LogP contribution in [0.25, 0.3) is 0 Å². The van der Waals surface area contributed by atoms with Crippen LogP contribution in [-0.2, 0) is 22.4 Å². The van der Waals surface area contributed by atoms with Crippen molar-refractivity contribution in [3.05, 3.63) is 48.0 Å². The van der Waals surface area contributed by atoms with Gasteiger partial charge in [0.25, 0.3) is 0 Å². The number of H-pyrrole nitrogens is 1. The molecular formula is C18H22N4O2. The molecule has 2 heterocycles. The van der Waals surface area contributed by atoms with Gasteiger partial charge in [-0.3, -0.25) is 9.59 Å². The van der Waals surface area contributed by atoms with Gasteiger partial charge in [-0.2, -0.15) is 0 Å². The fourth-order valence-corrected chi connectivity index (χ4v) is 2.93. The number of benzene rings is 1. The van der Waals surface area contributed by atoms with Crippen LogP contribution in [0, 0.1) is 5.92 Å². The van der Waals surface area contributed by atoms with E-state index in [4.69, 9.17) is 0 Å². The largest absolute Gasteiger partial charge is 0.355 e. The molecule has 1 atom stereocenters. The fraction of sp³-hybridized carbons (Fsp3) is 0.389. The lowest BCUT2D eigenvalue weighted by Crippen LogP contribution is -2.34. The minimum absolute atomic E-state index is 0.00503. The van der Waals surface area contributed by atoms with E-state index >= 15 is 0 Å². The fourth-order valence-electron chi connectivity index (χ4n) is 2.93. The lowest BCUT2D eigenvalue weighted by atomic mass is 10.1. The number of aromatic amines is 1. The van der Waals surface area contributed by atoms with E-state index in [0.717, 1.165) is 17.9 Å². The number of hydrogen-bond acceptors (Lipinski definition) is 3. The Morgan fingerprint density at radius 2 is 2.17 bits per heavy atom. The first kappa shape index (κ1) is 16.2. The summed E-state index contributed by atoms with van der Waals surface area (Å²) in [6.07, 6.45) is 5.33. The third kappa shape index (κ3) is 3.64. The summed E-state index contributed by atoms with van der Waals surface area (Å²) in [6.45, 7) is 3.05. The number of anilines is 1. The van der Waals surface area contributed by atoms with Crippen LogP contribution in [-0.4, -0.2) is 34.9 Å². The van der Waals surface area contributed by atoms with Gasteiger partial charge in [-0.05, 0) is 24.1 Å². The summed E-state index contributed by atoms with van der Waals surface area (Å²) >= 11 is 0. The quantitative estimate of drug-likeness (QED) is 0.848. The molecule has 0 spiro atoms. The van der Waals surface area contributed by atoms with Gasteiger partial charge in [0, 0.05) is 44.0 Å². The van der Waals surface area contributed by atoms with Crippen molar-refractivity contribution in [1.82, 2.24) is 15.3 Å². The zero-order valence-corrected chi connectivity index (χ0v) is 13.8. The van der Waals surface area contributed by atoms with Gasteiger partial charge in [-0.15, -0.1) is 0 Å². The summed E-state index contributed by atoms with van der Waals surface area (Å²) in [5.74, 6) is 0.489. The molecule has 0 aliphatic carbocycles. The van der Waals surface area contributed by atoms with Crippen LogP contribution in [0.2, 0.25) is 0 Å². The molecule has 0 bridgehead atoms. The number of amides is 2. The molecule has 1 aromatic heterocycles. The van der Waals surface area contributed by atoms with Crippen LogP contribution < -0.4 is 10.2 Å². The van der Waals surface area contributed by atoms with E-state index in [1.54, 1.807) is 17.3 Å². The average molecular weight is 326 g/mol. The summed E-state index contributed by atoms with van der Waals surface area (Å²) in [5, 5.41) is 2.90. The summed E-state index contributed by atoms with van der Waals surface area (Å²) < 4.78 is 0. The highest BCUT2D eigenvalue weighted by Gasteiger charge is 2.34. The van der Waals surface area contributed by atoms with Crippen molar-refractivity contribution >= 4 is 17.5 Å². The number of rotatable bonds is 6. The van der Waals surface area contributed by atoms with E-state index in [1.165, 1.54) is 5.56 Å². The summed E-state index contributed by atoms with van der Waals surface area (Å²) in [7, 11) is 0. The van der Waals surface area contributed by atoms with Crippen LogP contribution in [0.1, 0.15) is 24.7 Å². The van der Waals surface area contributed by atoms with Crippen molar-refractivity contribution in [2.24, 2.45) is 5.92 Å². The Balaban J connectivity index is 1.54. The molecule has 6 nitrogen and oxygen atoms in total. The number of carbonyl (C=O) groups excluding carboxylic acids is 2. The molecule has 126 valence electrons. The van der Waals surface area contributed by atoms with Gasteiger partial charge in [-0.25, -0.2) is 4.98 Å². The van der Waals surface area contributed by atoms with Crippen LogP contribution in [0.3, 0.4) is 0 Å². The first-order chi connectivity index (χ1) is 11.7. The van der Waals surface area contributed by atoms with Crippen molar-refractivity contribution in [2.45, 2.75) is 26.2 Å². The van der Waals surface area contributed by atoms with Crippen LogP contribution >= 0.6 is 0 Å². The maximum absolute atomic E-state index is 12.3. The molecule has 2 N–H and O–H groups in total. The number of carbonyl (C=O) groups is 2. The van der Waals surface area contributed by atoms with E-state index in [-0.39, 0.29) is 24.2 Å². The van der Waals surface area contributed by atoms with Gasteiger partial charge in [0.1, 0.15) is 5.82 Å². The normalized spacial score (nSPS) is 17.3. The van der Waals surface area contributed by atoms with E-state index in [1.807, 2.05) is 24.3 Å². The molecule has 1 aromatic carbocycles. The number of imidazole rings is 1. The molecule has 0 unspecified atom stereocenters. The van der Waals surface area contributed by atoms with E-state index in [9.17, 15) is 9.59 Å². The third-order valence-corrected chi connectivity index (χ3v) is 4.37. The SMILES string of the molecule is CCc1ccc(N2C[C@H](C(=O)NCCc3ncc[nH]3)CC2=O)cc1. The molecule has 24 heavy (non-hydrogen) atoms. The lowest BCUT2D eigenvalue weighted by Gasteiger charge is -2.17. The molecule has 1 aliphatic rings. The Kier molecular flexibility index (Phi) is 4.93. The Labute approximate surface area is 141 Å². The average Bonchev–Trinajstić information content (AvgIpc) is 3.24. The van der Waals surface area contributed by atoms with Crippen LogP contribution in [0.4, 0.5) is 5.69 Å². The summed E-state index contributed by atoms with van der Waals surface area (Å²) in [4.78, 5) is 33.3. The number of nitrogens with zero attached hydrogens (tertiary/aromatic N) is 2. The minimum Gasteiger partial charge on any atom is -0.355 e. The van der Waals surface area contributed by atoms with Gasteiger partial charge in [0.05, 0.1) is 5.92 Å². The maximum Gasteiger partial charge on any atom is 0.227 e. The Morgan fingerprint density at radius 3 is 2.83 bits per heavy atom. The molecule has 1 aliphatic heterocycles. The van der Waals surface area contributed by atoms with Crippen molar-refractivity contribution in [2.75, 3.05) is 18.0 Å². The second-order valence-electron chi connectivity index (χ2n) is 6.00. The predicted octanol–water partition coefficient (Wildman–Crippen LogP) is 1.68. The molecule has 1 saturated heterocycles. The predicted molar refractivity (Wildman–Crippen MR) is 91.6 cm³/mol. The van der Waals surface area contributed by atoms with Gasteiger partial charge in [0.15, 0.2) is 0 Å². The van der Waals surface area contributed by atoms with Crippen LogP contribution in [0.15, 0.2) is 36.7 Å².